The van der Waals surface area contributed by atoms with E-state index in [-0.39, 0.29) is 18.3 Å². The third-order valence-electron chi connectivity index (χ3n) is 2.23. The zero-order valence-corrected chi connectivity index (χ0v) is 11.0. The minimum atomic E-state index is 0. The highest BCUT2D eigenvalue weighted by atomic mass is 35.5. The molecule has 1 aromatic rings. The van der Waals surface area contributed by atoms with Crippen LogP contribution in [0.2, 0.25) is 0 Å². The smallest absolute Gasteiger partial charge is 0.233 e. The van der Waals surface area contributed by atoms with Crippen molar-refractivity contribution in [3.8, 4) is 5.75 Å². The summed E-state index contributed by atoms with van der Waals surface area (Å²) in [5.74, 6) is 0.874. The van der Waals surface area contributed by atoms with E-state index in [9.17, 15) is 4.79 Å². The van der Waals surface area contributed by atoms with Crippen LogP contribution in [0.25, 0.3) is 0 Å². The van der Waals surface area contributed by atoms with Crippen molar-refractivity contribution < 1.29 is 9.53 Å². The molecule has 0 atom stereocenters. The highest BCUT2D eigenvalue weighted by molar-refractivity contribution is 5.85. The summed E-state index contributed by atoms with van der Waals surface area (Å²) in [5, 5.41) is 5.63. The Morgan fingerprint density at radius 3 is 2.47 bits per heavy atom. The van der Waals surface area contributed by atoms with Crippen LogP contribution in [0, 0.1) is 0 Å². The molecule has 2 N–H and O–H groups in total. The SMILES string of the molecule is CNCC(=O)NCCc1ccc(OC)cc1.Cl. The summed E-state index contributed by atoms with van der Waals surface area (Å²) in [4.78, 5) is 11.1. The fourth-order valence-corrected chi connectivity index (χ4v) is 1.36. The maximum absolute atomic E-state index is 11.1. The van der Waals surface area contributed by atoms with Crippen molar-refractivity contribution in [1.29, 1.82) is 0 Å². The Hall–Kier alpha value is -1.26. The van der Waals surface area contributed by atoms with Crippen LogP contribution in [-0.2, 0) is 11.2 Å². The van der Waals surface area contributed by atoms with Gasteiger partial charge in [0.15, 0.2) is 0 Å². The average Bonchev–Trinajstić information content (AvgIpc) is 2.30. The van der Waals surface area contributed by atoms with Crippen LogP contribution in [0.5, 0.6) is 5.75 Å². The third kappa shape index (κ3) is 6.14. The van der Waals surface area contributed by atoms with E-state index in [1.54, 1.807) is 14.2 Å². The van der Waals surface area contributed by atoms with Gasteiger partial charge in [0.1, 0.15) is 5.75 Å². The van der Waals surface area contributed by atoms with Crippen LogP contribution >= 0.6 is 12.4 Å². The Kier molecular flexibility index (Phi) is 8.19. The number of benzene rings is 1. The molecular formula is C12H19ClN2O2. The quantitative estimate of drug-likeness (QED) is 0.800. The Labute approximate surface area is 108 Å². The minimum absolute atomic E-state index is 0. The first-order chi connectivity index (χ1) is 7.76. The van der Waals surface area contributed by atoms with Crippen molar-refractivity contribution in [3.63, 3.8) is 0 Å². The van der Waals surface area contributed by atoms with Crippen molar-refractivity contribution >= 4 is 18.3 Å². The van der Waals surface area contributed by atoms with Crippen molar-refractivity contribution in [2.24, 2.45) is 0 Å². The lowest BCUT2D eigenvalue weighted by atomic mass is 10.1. The minimum Gasteiger partial charge on any atom is -0.497 e. The van der Waals surface area contributed by atoms with Gasteiger partial charge in [0.2, 0.25) is 5.91 Å². The lowest BCUT2D eigenvalue weighted by molar-refractivity contribution is -0.120. The summed E-state index contributed by atoms with van der Waals surface area (Å²) in [6.07, 6.45) is 0.833. The number of ether oxygens (including phenoxy) is 1. The molecule has 0 spiro atoms. The number of hydrogen-bond donors (Lipinski definition) is 2. The van der Waals surface area contributed by atoms with Gasteiger partial charge < -0.3 is 15.4 Å². The number of methoxy groups -OCH3 is 1. The summed E-state index contributed by atoms with van der Waals surface area (Å²) >= 11 is 0. The summed E-state index contributed by atoms with van der Waals surface area (Å²) < 4.78 is 5.07. The van der Waals surface area contributed by atoms with E-state index in [2.05, 4.69) is 10.6 Å². The standard InChI is InChI=1S/C12H18N2O2.ClH/c1-13-9-12(15)14-8-7-10-3-5-11(16-2)6-4-10;/h3-6,13H,7-9H2,1-2H3,(H,14,15);1H. The molecule has 17 heavy (non-hydrogen) atoms. The molecule has 1 amide bonds. The predicted octanol–water partition coefficient (Wildman–Crippen LogP) is 0.995. The third-order valence-corrected chi connectivity index (χ3v) is 2.23. The van der Waals surface area contributed by atoms with Crippen molar-refractivity contribution in [3.05, 3.63) is 29.8 Å². The van der Waals surface area contributed by atoms with E-state index < -0.39 is 0 Å². The molecule has 0 aliphatic heterocycles. The molecule has 0 bridgehead atoms. The normalized spacial score (nSPS) is 9.29. The lowest BCUT2D eigenvalue weighted by Gasteiger charge is -2.05. The van der Waals surface area contributed by atoms with Crippen LogP contribution in [0.3, 0.4) is 0 Å². The second-order valence-electron chi connectivity index (χ2n) is 3.48. The van der Waals surface area contributed by atoms with Gasteiger partial charge in [-0.2, -0.15) is 0 Å². The van der Waals surface area contributed by atoms with E-state index in [1.807, 2.05) is 24.3 Å². The van der Waals surface area contributed by atoms with Gasteiger partial charge in [0.25, 0.3) is 0 Å². The van der Waals surface area contributed by atoms with E-state index in [4.69, 9.17) is 4.74 Å². The van der Waals surface area contributed by atoms with Crippen LogP contribution in [0.4, 0.5) is 0 Å². The molecule has 5 heteroatoms. The molecule has 0 saturated carbocycles. The van der Waals surface area contributed by atoms with Gasteiger partial charge in [0, 0.05) is 6.54 Å². The largest absolute Gasteiger partial charge is 0.497 e. The summed E-state index contributed by atoms with van der Waals surface area (Å²) in [6.45, 7) is 1.02. The number of amides is 1. The zero-order chi connectivity index (χ0) is 11.8. The Bertz CT molecular complexity index is 328. The molecule has 0 fully saturated rings. The molecule has 96 valence electrons. The van der Waals surface area contributed by atoms with Gasteiger partial charge in [-0.3, -0.25) is 4.79 Å². The molecule has 0 saturated heterocycles. The van der Waals surface area contributed by atoms with Crippen LogP contribution < -0.4 is 15.4 Å². The Balaban J connectivity index is 0.00000256. The van der Waals surface area contributed by atoms with Gasteiger partial charge in [-0.1, -0.05) is 12.1 Å². The van der Waals surface area contributed by atoms with Gasteiger partial charge in [-0.15, -0.1) is 12.4 Å². The highest BCUT2D eigenvalue weighted by Crippen LogP contribution is 2.11. The molecule has 0 aliphatic carbocycles. The number of halogens is 1. The number of likely N-dealkylation sites (N-methyl/N-ethyl adjacent to an activating group) is 1. The molecule has 4 nitrogen and oxygen atoms in total. The number of nitrogens with one attached hydrogen (secondary N) is 2. The van der Waals surface area contributed by atoms with Gasteiger partial charge in [-0.25, -0.2) is 0 Å². The second kappa shape index (κ2) is 8.84. The van der Waals surface area contributed by atoms with Gasteiger partial charge in [0.05, 0.1) is 13.7 Å². The molecule has 1 rings (SSSR count). The first kappa shape index (κ1) is 15.7. The second-order valence-corrected chi connectivity index (χ2v) is 3.48. The van der Waals surface area contributed by atoms with Gasteiger partial charge >= 0.3 is 0 Å². The first-order valence-corrected chi connectivity index (χ1v) is 5.30. The Morgan fingerprint density at radius 1 is 1.29 bits per heavy atom. The highest BCUT2D eigenvalue weighted by Gasteiger charge is 1.98. The van der Waals surface area contributed by atoms with Crippen LogP contribution in [0.1, 0.15) is 5.56 Å². The maximum Gasteiger partial charge on any atom is 0.233 e. The molecule has 1 aromatic carbocycles. The summed E-state index contributed by atoms with van der Waals surface area (Å²) in [7, 11) is 3.40. The topological polar surface area (TPSA) is 50.4 Å². The Morgan fingerprint density at radius 2 is 1.94 bits per heavy atom. The van der Waals surface area contributed by atoms with Crippen LogP contribution in [0.15, 0.2) is 24.3 Å². The average molecular weight is 259 g/mol. The molecule has 0 radical (unpaired) electrons. The number of carbonyl (C=O) groups is 1. The van der Waals surface area contributed by atoms with Crippen molar-refractivity contribution in [1.82, 2.24) is 10.6 Å². The lowest BCUT2D eigenvalue weighted by Crippen LogP contribution is -2.33. The van der Waals surface area contributed by atoms with E-state index in [0.29, 0.717) is 13.1 Å². The number of rotatable bonds is 6. The summed E-state index contributed by atoms with van der Waals surface area (Å²) in [5.41, 5.74) is 1.19. The molecule has 0 aromatic heterocycles. The molecule has 0 heterocycles. The zero-order valence-electron chi connectivity index (χ0n) is 10.2. The molecule has 0 unspecified atom stereocenters. The van der Waals surface area contributed by atoms with Crippen molar-refractivity contribution in [2.45, 2.75) is 6.42 Å². The summed E-state index contributed by atoms with van der Waals surface area (Å²) in [6, 6.07) is 7.85. The first-order valence-electron chi connectivity index (χ1n) is 5.30. The number of hydrogen-bond acceptors (Lipinski definition) is 3. The van der Waals surface area contributed by atoms with E-state index in [1.165, 1.54) is 5.56 Å². The number of carbonyl (C=O) groups excluding carboxylic acids is 1. The fourth-order valence-electron chi connectivity index (χ4n) is 1.36. The molecule has 0 aliphatic rings. The van der Waals surface area contributed by atoms with Crippen LogP contribution in [-0.4, -0.2) is 33.2 Å². The molecular weight excluding hydrogens is 240 g/mol. The van der Waals surface area contributed by atoms with Gasteiger partial charge in [-0.05, 0) is 31.2 Å². The van der Waals surface area contributed by atoms with E-state index in [0.717, 1.165) is 12.2 Å². The van der Waals surface area contributed by atoms with Crippen molar-refractivity contribution in [2.75, 3.05) is 27.2 Å². The fraction of sp³-hybridized carbons (Fsp3) is 0.417. The maximum atomic E-state index is 11.1. The monoisotopic (exact) mass is 258 g/mol. The van der Waals surface area contributed by atoms with E-state index >= 15 is 0 Å². The predicted molar refractivity (Wildman–Crippen MR) is 70.9 cm³/mol.